The summed E-state index contributed by atoms with van der Waals surface area (Å²) < 4.78 is 4.66. The number of unbranched alkanes of at least 4 members (excludes halogenated alkanes) is 8. The van der Waals surface area contributed by atoms with Crippen molar-refractivity contribution in [3.8, 4) is 0 Å². The molecule has 9 nitrogen and oxygen atoms in total. The Labute approximate surface area is 229 Å². The van der Waals surface area contributed by atoms with Crippen molar-refractivity contribution in [2.45, 2.75) is 89.5 Å². The van der Waals surface area contributed by atoms with Gasteiger partial charge in [0.25, 0.3) is 0 Å². The summed E-state index contributed by atoms with van der Waals surface area (Å²) in [5.74, 6) is -4.66. The minimum Gasteiger partial charge on any atom is -0.550 e. The van der Waals surface area contributed by atoms with Crippen molar-refractivity contribution in [1.29, 1.82) is 0 Å². The Morgan fingerprint density at radius 2 is 1.26 bits per heavy atom. The van der Waals surface area contributed by atoms with Crippen molar-refractivity contribution in [3.63, 3.8) is 0 Å². The van der Waals surface area contributed by atoms with Crippen molar-refractivity contribution >= 4 is 23.9 Å². The molecule has 0 saturated carbocycles. The van der Waals surface area contributed by atoms with Crippen LogP contribution in [-0.2, 0) is 23.9 Å². The van der Waals surface area contributed by atoms with Crippen LogP contribution in [0.5, 0.6) is 0 Å². The van der Waals surface area contributed by atoms with Crippen LogP contribution in [-0.4, -0.2) is 42.5 Å². The fourth-order valence-electron chi connectivity index (χ4n) is 3.01. The second kappa shape index (κ2) is 21.8. The molecule has 0 aromatic rings. The summed E-state index contributed by atoms with van der Waals surface area (Å²) in [6.07, 6.45) is 8.48. The first-order chi connectivity index (χ1) is 13.7. The van der Waals surface area contributed by atoms with Crippen LogP contribution in [0.3, 0.4) is 0 Å². The number of rotatable bonds is 18. The Hall–Kier alpha value is 0. The first-order valence-electron chi connectivity index (χ1n) is 10.3. The SMILES string of the molecule is CCCCCCCCCCCC(=O)OC(=O)CNC(CN)(CC(=O)[O-])CC(=O)[O-].[Na+].[Na+]. The van der Waals surface area contributed by atoms with Gasteiger partial charge in [0, 0.05) is 43.3 Å². The van der Waals surface area contributed by atoms with Crippen LogP contribution in [0.1, 0.15) is 84.0 Å². The minimum absolute atomic E-state index is 0. The molecule has 0 aliphatic rings. The molecule has 0 radical (unpaired) electrons. The van der Waals surface area contributed by atoms with E-state index in [0.717, 1.165) is 19.3 Å². The van der Waals surface area contributed by atoms with Crippen LogP contribution in [0.2, 0.25) is 0 Å². The molecular weight excluding hydrogens is 426 g/mol. The molecule has 0 atom stereocenters. The molecule has 0 saturated heterocycles. The molecule has 0 spiro atoms. The maximum absolute atomic E-state index is 11.8. The number of esters is 2. The molecule has 0 rings (SSSR count). The largest absolute Gasteiger partial charge is 1.00 e. The number of aliphatic carboxylic acids is 2. The fourth-order valence-corrected chi connectivity index (χ4v) is 3.01. The molecule has 0 aromatic carbocycles. The van der Waals surface area contributed by atoms with Crippen LogP contribution in [0.4, 0.5) is 0 Å². The molecule has 0 aromatic heterocycles. The molecule has 0 unspecified atom stereocenters. The van der Waals surface area contributed by atoms with Gasteiger partial charge in [-0.25, -0.2) is 0 Å². The number of hydrogen-bond acceptors (Lipinski definition) is 9. The Bertz CT molecular complexity index is 518. The molecule has 0 aliphatic heterocycles. The van der Waals surface area contributed by atoms with Crippen molar-refractivity contribution < 1.29 is 93.2 Å². The van der Waals surface area contributed by atoms with Crippen LogP contribution in [0, 0.1) is 0 Å². The predicted octanol–water partition coefficient (Wildman–Crippen LogP) is -6.45. The minimum atomic E-state index is -1.61. The second-order valence-corrected chi connectivity index (χ2v) is 7.36. The predicted molar refractivity (Wildman–Crippen MR) is 102 cm³/mol. The molecule has 3 N–H and O–H groups in total. The van der Waals surface area contributed by atoms with Gasteiger partial charge in [-0.05, 0) is 6.42 Å². The molecular formula is C20H34N2Na2O7. The Balaban J connectivity index is -0.00000392. The zero-order valence-electron chi connectivity index (χ0n) is 19.3. The van der Waals surface area contributed by atoms with Crippen LogP contribution in [0.15, 0.2) is 0 Å². The van der Waals surface area contributed by atoms with Gasteiger partial charge in [0.1, 0.15) is 0 Å². The van der Waals surface area contributed by atoms with Gasteiger partial charge in [-0.2, -0.15) is 0 Å². The van der Waals surface area contributed by atoms with E-state index in [9.17, 15) is 29.4 Å². The van der Waals surface area contributed by atoms with Crippen molar-refractivity contribution in [1.82, 2.24) is 5.32 Å². The number of carboxylic acids is 2. The molecule has 0 aliphatic carbocycles. The van der Waals surface area contributed by atoms with Gasteiger partial charge in [0.05, 0.1) is 6.54 Å². The summed E-state index contributed by atoms with van der Waals surface area (Å²) >= 11 is 0. The monoisotopic (exact) mass is 460 g/mol. The normalized spacial score (nSPS) is 10.5. The molecule has 168 valence electrons. The van der Waals surface area contributed by atoms with Crippen molar-refractivity contribution in [3.05, 3.63) is 0 Å². The average molecular weight is 460 g/mol. The van der Waals surface area contributed by atoms with Crippen LogP contribution in [0.25, 0.3) is 0 Å². The quantitative estimate of drug-likeness (QED) is 0.0877. The number of ether oxygens (including phenoxy) is 1. The Morgan fingerprint density at radius 1 is 0.806 bits per heavy atom. The standard InChI is InChI=1S/C20H36N2O7.2Na/c1-2-3-4-5-6-7-8-9-10-11-18(27)29-19(28)14-22-20(15-21,12-16(23)24)13-17(25)26;;/h22H,2-15,21H2,1H3,(H,23,24)(H,25,26);;/q;2*+1/p-2. The van der Waals surface area contributed by atoms with Gasteiger partial charge in [0.2, 0.25) is 0 Å². The molecule has 0 fully saturated rings. The van der Waals surface area contributed by atoms with E-state index in [-0.39, 0.29) is 72.1 Å². The first-order valence-corrected chi connectivity index (χ1v) is 10.3. The number of carboxylic acid groups (broad SMARTS) is 2. The third-order valence-corrected chi connectivity index (χ3v) is 4.68. The molecule has 31 heavy (non-hydrogen) atoms. The van der Waals surface area contributed by atoms with E-state index in [1.165, 1.54) is 32.1 Å². The molecule has 0 heterocycles. The Morgan fingerprint density at radius 3 is 1.68 bits per heavy atom. The number of carbonyl (C=O) groups excluding carboxylic acids is 4. The topological polar surface area (TPSA) is 162 Å². The van der Waals surface area contributed by atoms with Crippen molar-refractivity contribution in [2.75, 3.05) is 13.1 Å². The van der Waals surface area contributed by atoms with Gasteiger partial charge in [-0.15, -0.1) is 0 Å². The van der Waals surface area contributed by atoms with Gasteiger partial charge in [-0.1, -0.05) is 58.3 Å². The number of hydrogen-bond donors (Lipinski definition) is 2. The van der Waals surface area contributed by atoms with Gasteiger partial charge in [0.15, 0.2) is 0 Å². The third kappa shape index (κ3) is 20.3. The van der Waals surface area contributed by atoms with E-state index >= 15 is 0 Å². The van der Waals surface area contributed by atoms with E-state index in [1.807, 2.05) is 0 Å². The van der Waals surface area contributed by atoms with Crippen LogP contribution >= 0.6 is 0 Å². The van der Waals surface area contributed by atoms with E-state index in [2.05, 4.69) is 17.0 Å². The van der Waals surface area contributed by atoms with Gasteiger partial charge < -0.3 is 30.3 Å². The Kier molecular flexibility index (Phi) is 25.1. The maximum atomic E-state index is 11.8. The summed E-state index contributed by atoms with van der Waals surface area (Å²) in [4.78, 5) is 45.2. The number of carbonyl (C=O) groups is 4. The smallest absolute Gasteiger partial charge is 0.550 e. The third-order valence-electron chi connectivity index (χ3n) is 4.68. The number of nitrogens with one attached hydrogen (secondary N) is 1. The number of nitrogens with two attached hydrogens (primary N) is 1. The van der Waals surface area contributed by atoms with E-state index in [0.29, 0.717) is 6.42 Å². The summed E-state index contributed by atoms with van der Waals surface area (Å²) in [6.45, 7) is 1.24. The zero-order valence-corrected chi connectivity index (χ0v) is 23.3. The molecule has 11 heteroatoms. The summed E-state index contributed by atoms with van der Waals surface area (Å²) in [6, 6.07) is 0. The first kappa shape index (κ1) is 35.6. The summed E-state index contributed by atoms with van der Waals surface area (Å²) in [5, 5.41) is 24.2. The van der Waals surface area contributed by atoms with E-state index in [1.54, 1.807) is 0 Å². The fraction of sp³-hybridized carbons (Fsp3) is 0.800. The van der Waals surface area contributed by atoms with Gasteiger partial charge in [-0.3, -0.25) is 14.9 Å². The van der Waals surface area contributed by atoms with E-state index in [4.69, 9.17) is 5.73 Å². The van der Waals surface area contributed by atoms with Gasteiger partial charge >= 0.3 is 71.1 Å². The van der Waals surface area contributed by atoms with E-state index < -0.39 is 48.8 Å². The van der Waals surface area contributed by atoms with Crippen molar-refractivity contribution in [2.24, 2.45) is 5.73 Å². The summed E-state index contributed by atoms with van der Waals surface area (Å²) in [5.41, 5.74) is 3.85. The zero-order chi connectivity index (χ0) is 22.1. The summed E-state index contributed by atoms with van der Waals surface area (Å²) in [7, 11) is 0. The molecule has 0 amide bonds. The van der Waals surface area contributed by atoms with Crippen LogP contribution < -0.4 is 80.4 Å². The second-order valence-electron chi connectivity index (χ2n) is 7.36. The maximum Gasteiger partial charge on any atom is 1.00 e. The molecule has 0 bridgehead atoms. The average Bonchev–Trinajstić information content (AvgIpc) is 2.64.